The summed E-state index contributed by atoms with van der Waals surface area (Å²) < 4.78 is 10.4. The normalized spacial score (nSPS) is 18.1. The van der Waals surface area contributed by atoms with Crippen molar-refractivity contribution in [1.29, 1.82) is 0 Å². The quantitative estimate of drug-likeness (QED) is 0.676. The first-order valence-corrected chi connectivity index (χ1v) is 11.8. The van der Waals surface area contributed by atoms with Gasteiger partial charge in [-0.25, -0.2) is 0 Å². The van der Waals surface area contributed by atoms with Crippen molar-refractivity contribution in [2.45, 2.75) is 35.2 Å². The molecule has 0 saturated heterocycles. The standard InChI is InChI=1S/C8H16GeO2/c1-9(2,3)5-4-8-10-6-7-11-8/h6-8H,4-5H2,1-3H3. The predicted octanol–water partition coefficient (Wildman–Crippen LogP) is 2.56. The van der Waals surface area contributed by atoms with Crippen LogP contribution in [0, 0.1) is 0 Å². The predicted molar refractivity (Wildman–Crippen MR) is 47.9 cm³/mol. The Hall–Kier alpha value is -0.117. The summed E-state index contributed by atoms with van der Waals surface area (Å²) in [5.74, 6) is 7.22. The van der Waals surface area contributed by atoms with Crippen LogP contribution in [0.4, 0.5) is 0 Å². The zero-order valence-corrected chi connectivity index (χ0v) is 9.56. The number of ether oxygens (including phenoxy) is 2. The van der Waals surface area contributed by atoms with E-state index in [2.05, 4.69) is 17.3 Å². The molecule has 11 heavy (non-hydrogen) atoms. The van der Waals surface area contributed by atoms with Crippen molar-refractivity contribution in [3.63, 3.8) is 0 Å². The van der Waals surface area contributed by atoms with E-state index in [1.165, 1.54) is 5.25 Å². The molecule has 64 valence electrons. The summed E-state index contributed by atoms with van der Waals surface area (Å²) in [6, 6.07) is 0. The molecule has 0 fully saturated rings. The van der Waals surface area contributed by atoms with E-state index in [-0.39, 0.29) is 6.29 Å². The van der Waals surface area contributed by atoms with Crippen LogP contribution in [0.3, 0.4) is 0 Å². The van der Waals surface area contributed by atoms with E-state index in [4.69, 9.17) is 9.47 Å². The monoisotopic (exact) mass is 218 g/mol. The van der Waals surface area contributed by atoms with Crippen molar-refractivity contribution in [1.82, 2.24) is 0 Å². The van der Waals surface area contributed by atoms with Gasteiger partial charge in [-0.05, 0) is 0 Å². The molecule has 0 bridgehead atoms. The van der Waals surface area contributed by atoms with Gasteiger partial charge in [0.15, 0.2) is 0 Å². The summed E-state index contributed by atoms with van der Waals surface area (Å²) in [7, 11) is 0. The second-order valence-electron chi connectivity index (χ2n) is 4.07. The first kappa shape index (κ1) is 8.97. The van der Waals surface area contributed by atoms with Crippen LogP contribution in [0.15, 0.2) is 12.5 Å². The summed E-state index contributed by atoms with van der Waals surface area (Å²) in [5.41, 5.74) is 0. The molecule has 1 rings (SSSR count). The van der Waals surface area contributed by atoms with Gasteiger partial charge in [-0.1, -0.05) is 0 Å². The average molecular weight is 217 g/mol. The second-order valence-corrected chi connectivity index (χ2v) is 15.9. The molecular weight excluding hydrogens is 201 g/mol. The third-order valence-electron chi connectivity index (χ3n) is 1.65. The van der Waals surface area contributed by atoms with Gasteiger partial charge in [-0.3, -0.25) is 0 Å². The molecule has 0 unspecified atom stereocenters. The summed E-state index contributed by atoms with van der Waals surface area (Å²) in [5, 5.41) is 1.31. The summed E-state index contributed by atoms with van der Waals surface area (Å²) in [4.78, 5) is 0. The topological polar surface area (TPSA) is 18.5 Å². The first-order chi connectivity index (χ1) is 5.08. The van der Waals surface area contributed by atoms with Crippen LogP contribution in [-0.2, 0) is 9.47 Å². The molecule has 0 aliphatic carbocycles. The molecule has 2 nitrogen and oxygen atoms in total. The maximum absolute atomic E-state index is 5.18. The first-order valence-electron chi connectivity index (χ1n) is 4.04. The Morgan fingerprint density at radius 3 is 2.18 bits per heavy atom. The van der Waals surface area contributed by atoms with Crippen molar-refractivity contribution in [2.24, 2.45) is 0 Å². The van der Waals surface area contributed by atoms with Gasteiger partial charge in [0.25, 0.3) is 0 Å². The fourth-order valence-corrected chi connectivity index (χ4v) is 3.27. The fourth-order valence-electron chi connectivity index (χ4n) is 0.958. The van der Waals surface area contributed by atoms with Crippen molar-refractivity contribution >= 4 is 13.3 Å². The molecule has 0 aromatic rings. The SMILES string of the molecule is [CH3][Ge]([CH3])([CH3])[CH2]CC1OC=CO1. The Kier molecular flexibility index (Phi) is 2.87. The fraction of sp³-hybridized carbons (Fsp3) is 0.750. The van der Waals surface area contributed by atoms with E-state index in [1.54, 1.807) is 12.5 Å². The molecule has 3 heteroatoms. The van der Waals surface area contributed by atoms with E-state index in [0.717, 1.165) is 6.42 Å². The third kappa shape index (κ3) is 3.70. The van der Waals surface area contributed by atoms with Crippen molar-refractivity contribution in [2.75, 3.05) is 0 Å². The molecule has 1 heterocycles. The Balaban J connectivity index is 2.13. The molecule has 0 radical (unpaired) electrons. The number of hydrogen-bond donors (Lipinski definition) is 0. The van der Waals surface area contributed by atoms with Crippen LogP contribution in [0.25, 0.3) is 0 Å². The Bertz CT molecular complexity index is 141. The van der Waals surface area contributed by atoms with Gasteiger partial charge in [-0.15, -0.1) is 0 Å². The van der Waals surface area contributed by atoms with Crippen LogP contribution < -0.4 is 0 Å². The summed E-state index contributed by atoms with van der Waals surface area (Å²) in [6.45, 7) is 0. The van der Waals surface area contributed by atoms with E-state index < -0.39 is 13.3 Å². The number of hydrogen-bond acceptors (Lipinski definition) is 2. The van der Waals surface area contributed by atoms with E-state index in [9.17, 15) is 0 Å². The van der Waals surface area contributed by atoms with Gasteiger partial charge < -0.3 is 0 Å². The van der Waals surface area contributed by atoms with Gasteiger partial charge in [0.05, 0.1) is 0 Å². The van der Waals surface area contributed by atoms with Crippen LogP contribution in [0.5, 0.6) is 0 Å². The second kappa shape index (κ2) is 3.52. The average Bonchev–Trinajstić information content (AvgIpc) is 2.32. The minimum atomic E-state index is -1.36. The van der Waals surface area contributed by atoms with E-state index >= 15 is 0 Å². The Labute approximate surface area is 70.9 Å². The molecule has 0 amide bonds. The third-order valence-corrected chi connectivity index (χ3v) is 5.40. The zero-order valence-electron chi connectivity index (χ0n) is 7.46. The molecule has 0 saturated carbocycles. The van der Waals surface area contributed by atoms with Crippen LogP contribution in [-0.4, -0.2) is 19.6 Å². The molecule has 0 spiro atoms. The van der Waals surface area contributed by atoms with Gasteiger partial charge >= 0.3 is 70.5 Å². The van der Waals surface area contributed by atoms with Crippen molar-refractivity contribution < 1.29 is 9.47 Å². The Morgan fingerprint density at radius 2 is 1.73 bits per heavy atom. The molecular formula is C8H16GeO2. The molecule has 0 aromatic carbocycles. The molecule has 0 aromatic heterocycles. The molecule has 0 N–H and O–H groups in total. The maximum atomic E-state index is 5.18. The van der Waals surface area contributed by atoms with Gasteiger partial charge in [0, 0.05) is 0 Å². The van der Waals surface area contributed by atoms with Gasteiger partial charge in [0.1, 0.15) is 0 Å². The van der Waals surface area contributed by atoms with Crippen LogP contribution in [0.2, 0.25) is 22.5 Å². The van der Waals surface area contributed by atoms with Crippen LogP contribution in [0.1, 0.15) is 6.42 Å². The van der Waals surface area contributed by atoms with Crippen molar-refractivity contribution in [3.05, 3.63) is 12.5 Å². The van der Waals surface area contributed by atoms with E-state index in [0.29, 0.717) is 0 Å². The molecule has 0 atom stereocenters. The van der Waals surface area contributed by atoms with Gasteiger partial charge in [0.2, 0.25) is 0 Å². The molecule has 1 aliphatic rings. The Morgan fingerprint density at radius 1 is 1.18 bits per heavy atom. The van der Waals surface area contributed by atoms with Gasteiger partial charge in [-0.2, -0.15) is 0 Å². The summed E-state index contributed by atoms with van der Waals surface area (Å²) in [6.07, 6.45) is 4.32. The zero-order chi connectivity index (χ0) is 8.32. The summed E-state index contributed by atoms with van der Waals surface area (Å²) >= 11 is -1.36. The van der Waals surface area contributed by atoms with Crippen molar-refractivity contribution in [3.8, 4) is 0 Å². The van der Waals surface area contributed by atoms with Crippen LogP contribution >= 0.6 is 0 Å². The van der Waals surface area contributed by atoms with E-state index in [1.807, 2.05) is 0 Å². The minimum absolute atomic E-state index is 0.0137. The number of rotatable bonds is 3. The molecule has 1 aliphatic heterocycles.